The lowest BCUT2D eigenvalue weighted by Crippen LogP contribution is -2.43. The van der Waals surface area contributed by atoms with Crippen molar-refractivity contribution in [2.75, 3.05) is 11.4 Å². The minimum atomic E-state index is -0.0685. The lowest BCUT2D eigenvalue weighted by atomic mass is 9.91. The molecular formula is C17H25FN2. The van der Waals surface area contributed by atoms with E-state index in [1.807, 2.05) is 6.07 Å². The lowest BCUT2D eigenvalue weighted by Gasteiger charge is -2.40. The minimum absolute atomic E-state index is 0.0685. The zero-order valence-electron chi connectivity index (χ0n) is 12.5. The fraction of sp³-hybridized carbons (Fsp3) is 0.647. The second-order valence-electron chi connectivity index (χ2n) is 6.46. The van der Waals surface area contributed by atoms with Crippen LogP contribution in [0.2, 0.25) is 0 Å². The number of anilines is 1. The maximum absolute atomic E-state index is 14.4. The Morgan fingerprint density at radius 1 is 1.25 bits per heavy atom. The zero-order valence-corrected chi connectivity index (χ0v) is 12.5. The fourth-order valence-electron chi connectivity index (χ4n) is 3.22. The summed E-state index contributed by atoms with van der Waals surface area (Å²) in [5, 5.41) is 3.51. The molecule has 1 N–H and O–H groups in total. The van der Waals surface area contributed by atoms with Crippen LogP contribution in [0.1, 0.15) is 45.1 Å². The number of halogens is 1. The maximum atomic E-state index is 14.4. The summed E-state index contributed by atoms with van der Waals surface area (Å²) in [7, 11) is 0. The average molecular weight is 276 g/mol. The molecule has 0 amide bonds. The van der Waals surface area contributed by atoms with Gasteiger partial charge in [-0.3, -0.25) is 0 Å². The molecule has 1 aromatic carbocycles. The number of hydrogen-bond acceptors (Lipinski definition) is 2. The molecule has 2 nitrogen and oxygen atoms in total. The van der Waals surface area contributed by atoms with Crippen LogP contribution in [0, 0.1) is 11.7 Å². The molecule has 3 rings (SSSR count). The zero-order chi connectivity index (χ0) is 14.1. The Morgan fingerprint density at radius 2 is 2.05 bits per heavy atom. The van der Waals surface area contributed by atoms with Crippen molar-refractivity contribution in [3.8, 4) is 0 Å². The van der Waals surface area contributed by atoms with E-state index in [-0.39, 0.29) is 5.82 Å². The second kappa shape index (κ2) is 5.72. The van der Waals surface area contributed by atoms with E-state index in [0.29, 0.717) is 18.0 Å². The molecule has 0 aromatic heterocycles. The van der Waals surface area contributed by atoms with E-state index in [4.69, 9.17) is 0 Å². The molecule has 0 bridgehead atoms. The van der Waals surface area contributed by atoms with Crippen LogP contribution < -0.4 is 10.2 Å². The molecule has 2 fully saturated rings. The van der Waals surface area contributed by atoms with Gasteiger partial charge >= 0.3 is 0 Å². The Balaban J connectivity index is 1.85. The Bertz CT molecular complexity index is 470. The van der Waals surface area contributed by atoms with Gasteiger partial charge in [-0.15, -0.1) is 0 Å². The predicted octanol–water partition coefficient (Wildman–Crippen LogP) is 3.70. The Kier molecular flexibility index (Phi) is 3.97. The number of benzene rings is 1. The van der Waals surface area contributed by atoms with E-state index in [2.05, 4.69) is 30.1 Å². The van der Waals surface area contributed by atoms with Crippen LogP contribution in [0.25, 0.3) is 0 Å². The second-order valence-corrected chi connectivity index (χ2v) is 6.46. The van der Waals surface area contributed by atoms with Gasteiger partial charge in [0.2, 0.25) is 0 Å². The molecule has 2 unspecified atom stereocenters. The van der Waals surface area contributed by atoms with Crippen LogP contribution in [0.4, 0.5) is 10.1 Å². The summed E-state index contributed by atoms with van der Waals surface area (Å²) in [5.74, 6) is 0.564. The quantitative estimate of drug-likeness (QED) is 0.902. The number of nitrogens with zero attached hydrogens (tertiary/aromatic N) is 1. The van der Waals surface area contributed by atoms with Crippen LogP contribution in [0.3, 0.4) is 0 Å². The molecule has 1 aliphatic heterocycles. The largest absolute Gasteiger partial charge is 0.366 e. The average Bonchev–Trinajstić information content (AvgIpc) is 3.24. The molecule has 1 aliphatic carbocycles. The molecule has 1 saturated heterocycles. The van der Waals surface area contributed by atoms with E-state index < -0.39 is 0 Å². The minimum Gasteiger partial charge on any atom is -0.366 e. The summed E-state index contributed by atoms with van der Waals surface area (Å²) >= 11 is 0. The first kappa shape index (κ1) is 13.9. The third-order valence-corrected chi connectivity index (χ3v) is 4.89. The summed E-state index contributed by atoms with van der Waals surface area (Å²) < 4.78 is 14.4. The standard InChI is InChI=1S/C17H25FN2/c1-12-5-4-10-20(13(12)2)17-14(6-3-7-16(17)18)11-19-15-8-9-15/h3,6-7,12-13,15,19H,4-5,8-11H2,1-2H3. The Labute approximate surface area is 121 Å². The monoisotopic (exact) mass is 276 g/mol. The summed E-state index contributed by atoms with van der Waals surface area (Å²) in [6.07, 6.45) is 4.95. The normalized spacial score (nSPS) is 26.9. The van der Waals surface area contributed by atoms with Crippen molar-refractivity contribution < 1.29 is 4.39 Å². The van der Waals surface area contributed by atoms with Gasteiger partial charge in [-0.05, 0) is 50.2 Å². The molecule has 0 radical (unpaired) electrons. The third-order valence-electron chi connectivity index (χ3n) is 4.89. The van der Waals surface area contributed by atoms with E-state index in [0.717, 1.165) is 30.8 Å². The third kappa shape index (κ3) is 2.83. The van der Waals surface area contributed by atoms with Crippen LogP contribution in [-0.2, 0) is 6.54 Å². The SMILES string of the molecule is CC1CCCN(c2c(F)cccc2CNC2CC2)C1C. The molecule has 2 aliphatic rings. The molecule has 110 valence electrons. The van der Waals surface area contributed by atoms with Crippen LogP contribution >= 0.6 is 0 Å². The lowest BCUT2D eigenvalue weighted by molar-refractivity contribution is 0.359. The molecule has 3 heteroatoms. The predicted molar refractivity (Wildman–Crippen MR) is 81.5 cm³/mol. The van der Waals surface area contributed by atoms with Crippen LogP contribution in [-0.4, -0.2) is 18.6 Å². The van der Waals surface area contributed by atoms with Gasteiger partial charge in [0.25, 0.3) is 0 Å². The number of hydrogen-bond donors (Lipinski definition) is 1. The Morgan fingerprint density at radius 3 is 2.80 bits per heavy atom. The first-order valence-electron chi connectivity index (χ1n) is 7.94. The first-order chi connectivity index (χ1) is 9.66. The van der Waals surface area contributed by atoms with E-state index in [1.165, 1.54) is 19.3 Å². The van der Waals surface area contributed by atoms with Crippen molar-refractivity contribution in [3.63, 3.8) is 0 Å². The van der Waals surface area contributed by atoms with Crippen molar-refractivity contribution in [1.82, 2.24) is 5.32 Å². The van der Waals surface area contributed by atoms with Crippen molar-refractivity contribution in [2.45, 2.75) is 58.2 Å². The molecule has 1 heterocycles. The number of nitrogens with one attached hydrogen (secondary N) is 1. The topological polar surface area (TPSA) is 15.3 Å². The summed E-state index contributed by atoms with van der Waals surface area (Å²) in [5.41, 5.74) is 1.94. The van der Waals surface area contributed by atoms with E-state index >= 15 is 0 Å². The van der Waals surface area contributed by atoms with Gasteiger partial charge in [-0.1, -0.05) is 19.1 Å². The van der Waals surface area contributed by atoms with Gasteiger partial charge in [0.15, 0.2) is 0 Å². The van der Waals surface area contributed by atoms with Gasteiger partial charge in [-0.25, -0.2) is 4.39 Å². The van der Waals surface area contributed by atoms with E-state index in [9.17, 15) is 4.39 Å². The van der Waals surface area contributed by atoms with Crippen molar-refractivity contribution in [3.05, 3.63) is 29.6 Å². The van der Waals surface area contributed by atoms with Gasteiger partial charge < -0.3 is 10.2 Å². The number of rotatable bonds is 4. The highest BCUT2D eigenvalue weighted by Crippen LogP contribution is 2.33. The highest BCUT2D eigenvalue weighted by molar-refractivity contribution is 5.56. The van der Waals surface area contributed by atoms with Gasteiger partial charge in [-0.2, -0.15) is 0 Å². The highest BCUT2D eigenvalue weighted by Gasteiger charge is 2.28. The smallest absolute Gasteiger partial charge is 0.146 e. The summed E-state index contributed by atoms with van der Waals surface area (Å²) in [6.45, 7) is 6.27. The van der Waals surface area contributed by atoms with Gasteiger partial charge in [0, 0.05) is 25.2 Å². The number of piperidine rings is 1. The van der Waals surface area contributed by atoms with Crippen molar-refractivity contribution in [1.29, 1.82) is 0 Å². The Hall–Kier alpha value is -1.09. The molecule has 1 aromatic rings. The highest BCUT2D eigenvalue weighted by atomic mass is 19.1. The maximum Gasteiger partial charge on any atom is 0.146 e. The van der Waals surface area contributed by atoms with E-state index in [1.54, 1.807) is 6.07 Å². The molecule has 0 spiro atoms. The van der Waals surface area contributed by atoms with Crippen molar-refractivity contribution in [2.24, 2.45) is 5.92 Å². The molecular weight excluding hydrogens is 251 g/mol. The van der Waals surface area contributed by atoms with Gasteiger partial charge in [0.1, 0.15) is 5.82 Å². The number of para-hydroxylation sites is 1. The summed E-state index contributed by atoms with van der Waals surface area (Å²) in [6, 6.07) is 6.58. The van der Waals surface area contributed by atoms with Crippen LogP contribution in [0.5, 0.6) is 0 Å². The first-order valence-corrected chi connectivity index (χ1v) is 7.94. The van der Waals surface area contributed by atoms with Crippen molar-refractivity contribution >= 4 is 5.69 Å². The molecule has 1 saturated carbocycles. The summed E-state index contributed by atoms with van der Waals surface area (Å²) in [4.78, 5) is 2.29. The van der Waals surface area contributed by atoms with Crippen LogP contribution in [0.15, 0.2) is 18.2 Å². The fourth-order valence-corrected chi connectivity index (χ4v) is 3.22. The molecule has 2 atom stereocenters. The molecule has 20 heavy (non-hydrogen) atoms. The van der Waals surface area contributed by atoms with Gasteiger partial charge in [0.05, 0.1) is 5.69 Å².